The summed E-state index contributed by atoms with van der Waals surface area (Å²) in [5, 5.41) is 0. The highest BCUT2D eigenvalue weighted by molar-refractivity contribution is 5.24. The first-order valence-corrected chi connectivity index (χ1v) is 4.12. The van der Waals surface area contributed by atoms with E-state index in [1.54, 1.807) is 0 Å². The van der Waals surface area contributed by atoms with Crippen molar-refractivity contribution in [3.63, 3.8) is 0 Å². The Kier molecular flexibility index (Phi) is 2.50. The monoisotopic (exact) mass is 164 g/mol. The van der Waals surface area contributed by atoms with Crippen molar-refractivity contribution in [3.05, 3.63) is 35.9 Å². The van der Waals surface area contributed by atoms with E-state index in [4.69, 9.17) is 11.5 Å². The first kappa shape index (κ1) is 9.23. The minimum atomic E-state index is -0.320. The van der Waals surface area contributed by atoms with Crippen LogP contribution in [-0.4, -0.2) is 6.17 Å². The standard InChI is InChI=1S/C10H16N2/c1-10(2,9(11)12)8-6-4-3-5-7-8/h3-7,9H,11-12H2,1-2H3. The molecule has 0 radical (unpaired) electrons. The lowest BCUT2D eigenvalue weighted by Crippen LogP contribution is -2.47. The number of benzene rings is 1. The third kappa shape index (κ3) is 1.65. The molecule has 4 N–H and O–H groups in total. The number of rotatable bonds is 2. The summed E-state index contributed by atoms with van der Waals surface area (Å²) in [6.07, 6.45) is -0.320. The fourth-order valence-electron chi connectivity index (χ4n) is 1.06. The van der Waals surface area contributed by atoms with Crippen LogP contribution < -0.4 is 11.5 Å². The van der Waals surface area contributed by atoms with Gasteiger partial charge in [-0.1, -0.05) is 44.2 Å². The fraction of sp³-hybridized carbons (Fsp3) is 0.400. The topological polar surface area (TPSA) is 52.0 Å². The van der Waals surface area contributed by atoms with Crippen LogP contribution in [0.3, 0.4) is 0 Å². The summed E-state index contributed by atoms with van der Waals surface area (Å²) in [4.78, 5) is 0. The minimum absolute atomic E-state index is 0.152. The van der Waals surface area contributed by atoms with E-state index < -0.39 is 0 Å². The van der Waals surface area contributed by atoms with Crippen LogP contribution in [0.1, 0.15) is 19.4 Å². The van der Waals surface area contributed by atoms with Gasteiger partial charge in [-0.2, -0.15) is 0 Å². The normalized spacial score (nSPS) is 12.1. The molecule has 0 amide bonds. The summed E-state index contributed by atoms with van der Waals surface area (Å²) in [5.41, 5.74) is 12.4. The molecule has 0 aliphatic rings. The van der Waals surface area contributed by atoms with Gasteiger partial charge in [-0.25, -0.2) is 0 Å². The van der Waals surface area contributed by atoms with E-state index in [0.29, 0.717) is 0 Å². The lowest BCUT2D eigenvalue weighted by Gasteiger charge is -2.29. The van der Waals surface area contributed by atoms with Gasteiger partial charge in [-0.15, -0.1) is 0 Å². The molecule has 1 rings (SSSR count). The Morgan fingerprint density at radius 1 is 1.08 bits per heavy atom. The minimum Gasteiger partial charge on any atom is -0.315 e. The van der Waals surface area contributed by atoms with Gasteiger partial charge < -0.3 is 11.5 Å². The molecular formula is C10H16N2. The van der Waals surface area contributed by atoms with E-state index in [0.717, 1.165) is 0 Å². The van der Waals surface area contributed by atoms with Crippen LogP contribution in [0.25, 0.3) is 0 Å². The van der Waals surface area contributed by atoms with Gasteiger partial charge in [0.15, 0.2) is 0 Å². The fourth-order valence-corrected chi connectivity index (χ4v) is 1.06. The first-order chi connectivity index (χ1) is 5.55. The van der Waals surface area contributed by atoms with Crippen LogP contribution in [0, 0.1) is 0 Å². The molecule has 0 bridgehead atoms. The van der Waals surface area contributed by atoms with Crippen molar-refractivity contribution in [2.75, 3.05) is 0 Å². The van der Waals surface area contributed by atoms with Gasteiger partial charge >= 0.3 is 0 Å². The maximum Gasteiger partial charge on any atom is 0.0615 e. The Labute approximate surface area is 73.6 Å². The van der Waals surface area contributed by atoms with Crippen molar-refractivity contribution >= 4 is 0 Å². The summed E-state index contributed by atoms with van der Waals surface area (Å²) in [6.45, 7) is 4.10. The zero-order valence-electron chi connectivity index (χ0n) is 7.62. The number of hydrogen-bond acceptors (Lipinski definition) is 2. The van der Waals surface area contributed by atoms with E-state index in [1.807, 2.05) is 44.2 Å². The Hall–Kier alpha value is -0.860. The molecule has 0 fully saturated rings. The van der Waals surface area contributed by atoms with Crippen LogP contribution in [0.4, 0.5) is 0 Å². The highest BCUT2D eigenvalue weighted by Gasteiger charge is 2.24. The van der Waals surface area contributed by atoms with E-state index in [2.05, 4.69) is 0 Å². The average molecular weight is 164 g/mol. The number of nitrogens with two attached hydrogens (primary N) is 2. The largest absolute Gasteiger partial charge is 0.315 e. The quantitative estimate of drug-likeness (QED) is 0.645. The molecule has 66 valence electrons. The molecule has 1 aromatic carbocycles. The van der Waals surface area contributed by atoms with E-state index in [1.165, 1.54) is 5.56 Å². The molecule has 1 aromatic rings. The Morgan fingerprint density at radius 2 is 1.58 bits per heavy atom. The van der Waals surface area contributed by atoms with E-state index >= 15 is 0 Å². The molecule has 2 heteroatoms. The Balaban J connectivity index is 2.98. The molecule has 0 aliphatic carbocycles. The van der Waals surface area contributed by atoms with Crippen molar-refractivity contribution in [1.82, 2.24) is 0 Å². The van der Waals surface area contributed by atoms with Crippen molar-refractivity contribution < 1.29 is 0 Å². The SMILES string of the molecule is CC(C)(c1ccccc1)C(N)N. The highest BCUT2D eigenvalue weighted by atomic mass is 14.9. The molecule has 2 nitrogen and oxygen atoms in total. The molecule has 0 aromatic heterocycles. The second-order valence-corrected chi connectivity index (χ2v) is 3.61. The Morgan fingerprint density at radius 3 is 2.00 bits per heavy atom. The molecule has 0 aliphatic heterocycles. The predicted octanol–water partition coefficient (Wildman–Crippen LogP) is 1.21. The zero-order valence-corrected chi connectivity index (χ0v) is 7.62. The third-order valence-electron chi connectivity index (χ3n) is 2.35. The first-order valence-electron chi connectivity index (χ1n) is 4.12. The van der Waals surface area contributed by atoms with Crippen molar-refractivity contribution in [2.45, 2.75) is 25.4 Å². The van der Waals surface area contributed by atoms with Crippen LogP contribution >= 0.6 is 0 Å². The van der Waals surface area contributed by atoms with Gasteiger partial charge in [0.2, 0.25) is 0 Å². The zero-order chi connectivity index (χ0) is 9.19. The van der Waals surface area contributed by atoms with Gasteiger partial charge in [0.1, 0.15) is 0 Å². The third-order valence-corrected chi connectivity index (χ3v) is 2.35. The van der Waals surface area contributed by atoms with Gasteiger partial charge in [0, 0.05) is 5.41 Å². The predicted molar refractivity (Wildman–Crippen MR) is 51.6 cm³/mol. The van der Waals surface area contributed by atoms with Crippen molar-refractivity contribution in [2.24, 2.45) is 11.5 Å². The smallest absolute Gasteiger partial charge is 0.0615 e. The molecule has 0 unspecified atom stereocenters. The summed E-state index contributed by atoms with van der Waals surface area (Å²) < 4.78 is 0. The summed E-state index contributed by atoms with van der Waals surface area (Å²) in [6, 6.07) is 10.1. The second-order valence-electron chi connectivity index (χ2n) is 3.61. The summed E-state index contributed by atoms with van der Waals surface area (Å²) in [7, 11) is 0. The van der Waals surface area contributed by atoms with E-state index in [-0.39, 0.29) is 11.6 Å². The summed E-state index contributed by atoms with van der Waals surface area (Å²) >= 11 is 0. The van der Waals surface area contributed by atoms with Crippen LogP contribution in [0.5, 0.6) is 0 Å². The molecule has 0 saturated heterocycles. The average Bonchev–Trinajstić information content (AvgIpc) is 2.06. The van der Waals surface area contributed by atoms with Gasteiger partial charge in [-0.05, 0) is 5.56 Å². The molecule has 0 atom stereocenters. The van der Waals surface area contributed by atoms with E-state index in [9.17, 15) is 0 Å². The maximum absolute atomic E-state index is 5.68. The number of hydrogen-bond donors (Lipinski definition) is 2. The second kappa shape index (κ2) is 3.25. The Bertz CT molecular complexity index is 239. The summed E-state index contributed by atoms with van der Waals surface area (Å²) in [5.74, 6) is 0. The molecule has 12 heavy (non-hydrogen) atoms. The van der Waals surface area contributed by atoms with Crippen molar-refractivity contribution in [3.8, 4) is 0 Å². The highest BCUT2D eigenvalue weighted by Crippen LogP contribution is 2.23. The lowest BCUT2D eigenvalue weighted by molar-refractivity contribution is 0.419. The van der Waals surface area contributed by atoms with Gasteiger partial charge in [-0.3, -0.25) is 0 Å². The lowest BCUT2D eigenvalue weighted by atomic mass is 9.82. The maximum atomic E-state index is 5.68. The van der Waals surface area contributed by atoms with Gasteiger partial charge in [0.25, 0.3) is 0 Å². The molecule has 0 saturated carbocycles. The van der Waals surface area contributed by atoms with Gasteiger partial charge in [0.05, 0.1) is 6.17 Å². The van der Waals surface area contributed by atoms with Crippen LogP contribution in [0.15, 0.2) is 30.3 Å². The van der Waals surface area contributed by atoms with Crippen LogP contribution in [0.2, 0.25) is 0 Å². The van der Waals surface area contributed by atoms with Crippen LogP contribution in [-0.2, 0) is 5.41 Å². The molecular weight excluding hydrogens is 148 g/mol. The molecule has 0 heterocycles. The van der Waals surface area contributed by atoms with Crippen molar-refractivity contribution in [1.29, 1.82) is 0 Å². The molecule has 0 spiro atoms.